The molecular weight excluding hydrogens is 478 g/mol. The Hall–Kier alpha value is -4.42. The summed E-state index contributed by atoms with van der Waals surface area (Å²) in [5.41, 5.74) is 3.58. The van der Waals surface area contributed by atoms with E-state index in [4.69, 9.17) is 19.2 Å². The zero-order valence-electron chi connectivity index (χ0n) is 21.0. The van der Waals surface area contributed by atoms with Crippen LogP contribution in [0, 0.1) is 6.92 Å². The number of rotatable bonds is 6. The first-order valence-electron chi connectivity index (χ1n) is 12.7. The molecule has 0 amide bonds. The van der Waals surface area contributed by atoms with Gasteiger partial charge < -0.3 is 19.3 Å². The van der Waals surface area contributed by atoms with Crippen LogP contribution in [0.25, 0.3) is 32.8 Å². The van der Waals surface area contributed by atoms with E-state index in [-0.39, 0.29) is 13.0 Å². The number of ether oxygens (including phenoxy) is 3. The first-order chi connectivity index (χ1) is 18.6. The highest BCUT2D eigenvalue weighted by atomic mass is 16.6. The van der Waals surface area contributed by atoms with Gasteiger partial charge in [-0.2, -0.15) is 0 Å². The molecule has 5 aromatic rings. The molecule has 2 heterocycles. The molecule has 2 atom stereocenters. The predicted molar refractivity (Wildman–Crippen MR) is 147 cm³/mol. The van der Waals surface area contributed by atoms with Crippen molar-refractivity contribution >= 4 is 27.6 Å². The molecular formula is C32H27NO5. The number of aliphatic hydroxyl groups is 1. The van der Waals surface area contributed by atoms with Gasteiger partial charge in [0.25, 0.3) is 0 Å². The Bertz CT molecular complexity index is 1630. The van der Waals surface area contributed by atoms with Gasteiger partial charge in [-0.25, -0.2) is 4.98 Å². The lowest BCUT2D eigenvalue weighted by Crippen LogP contribution is -2.36. The van der Waals surface area contributed by atoms with Crippen LogP contribution in [0.3, 0.4) is 0 Å². The lowest BCUT2D eigenvalue weighted by atomic mass is 9.93. The maximum Gasteiger partial charge on any atom is 0.308 e. The van der Waals surface area contributed by atoms with Gasteiger partial charge >= 0.3 is 5.97 Å². The topological polar surface area (TPSA) is 77.9 Å². The molecule has 6 nitrogen and oxygen atoms in total. The molecule has 1 aliphatic heterocycles. The number of aliphatic hydroxyl groups excluding tert-OH is 1. The number of hydrogen-bond donors (Lipinski definition) is 1. The fourth-order valence-electron chi connectivity index (χ4n) is 5.07. The number of pyridine rings is 1. The van der Waals surface area contributed by atoms with Crippen LogP contribution in [0.15, 0.2) is 91.0 Å². The Labute approximate surface area is 220 Å². The van der Waals surface area contributed by atoms with Gasteiger partial charge in [0.05, 0.1) is 18.0 Å². The Morgan fingerprint density at radius 2 is 1.63 bits per heavy atom. The molecule has 0 unspecified atom stereocenters. The van der Waals surface area contributed by atoms with Crippen LogP contribution < -0.4 is 9.47 Å². The summed E-state index contributed by atoms with van der Waals surface area (Å²) in [4.78, 5) is 16.6. The quantitative estimate of drug-likeness (QED) is 0.262. The van der Waals surface area contributed by atoms with Crippen molar-refractivity contribution in [1.82, 2.24) is 4.98 Å². The van der Waals surface area contributed by atoms with E-state index >= 15 is 0 Å². The van der Waals surface area contributed by atoms with Gasteiger partial charge in [-0.1, -0.05) is 72.8 Å². The second kappa shape index (κ2) is 10.1. The third-order valence-electron chi connectivity index (χ3n) is 6.84. The van der Waals surface area contributed by atoms with Crippen molar-refractivity contribution in [2.45, 2.75) is 32.0 Å². The second-order valence-corrected chi connectivity index (χ2v) is 9.53. The highest BCUT2D eigenvalue weighted by Crippen LogP contribution is 2.47. The minimum Gasteiger partial charge on any atom is -0.489 e. The van der Waals surface area contributed by atoms with Crippen molar-refractivity contribution in [3.8, 4) is 28.5 Å². The van der Waals surface area contributed by atoms with Crippen molar-refractivity contribution in [2.75, 3.05) is 6.61 Å². The second-order valence-electron chi connectivity index (χ2n) is 9.53. The summed E-state index contributed by atoms with van der Waals surface area (Å²) in [5.74, 6) is 1.36. The van der Waals surface area contributed by atoms with E-state index in [2.05, 4.69) is 6.07 Å². The molecule has 0 saturated carbocycles. The third kappa shape index (κ3) is 4.66. The number of carbonyl (C=O) groups is 1. The number of esters is 1. The number of cyclic esters (lactones) is 1. The number of carbonyl (C=O) groups excluding carboxylic acids is 1. The van der Waals surface area contributed by atoms with Crippen molar-refractivity contribution in [3.63, 3.8) is 0 Å². The maximum atomic E-state index is 11.9. The SMILES string of the molecule is Cc1c(OC[C@@H]2C[C@@H](O)CC(=O)O2)c(-c2ccccc2)c2ccccc2c1Oc1ccc2ccccc2n1. The molecule has 190 valence electrons. The van der Waals surface area contributed by atoms with Gasteiger partial charge in [-0.15, -0.1) is 0 Å². The molecule has 1 fully saturated rings. The Morgan fingerprint density at radius 3 is 2.45 bits per heavy atom. The predicted octanol–water partition coefficient (Wildman–Crippen LogP) is 6.60. The van der Waals surface area contributed by atoms with E-state index in [9.17, 15) is 9.90 Å². The summed E-state index contributed by atoms with van der Waals surface area (Å²) in [6, 6.07) is 29.9. The Kier molecular flexibility index (Phi) is 6.40. The van der Waals surface area contributed by atoms with Crippen molar-refractivity contribution < 1.29 is 24.1 Å². The van der Waals surface area contributed by atoms with Crippen molar-refractivity contribution in [3.05, 3.63) is 96.6 Å². The average Bonchev–Trinajstić information content (AvgIpc) is 2.93. The van der Waals surface area contributed by atoms with Crippen LogP contribution in [-0.4, -0.2) is 34.9 Å². The van der Waals surface area contributed by atoms with Crippen molar-refractivity contribution in [2.24, 2.45) is 0 Å². The Balaban J connectivity index is 1.47. The summed E-state index contributed by atoms with van der Waals surface area (Å²) in [6.45, 7) is 2.09. The van der Waals surface area contributed by atoms with Gasteiger partial charge in [0.15, 0.2) is 0 Å². The normalized spacial score (nSPS) is 17.4. The molecule has 38 heavy (non-hydrogen) atoms. The van der Waals surface area contributed by atoms with Gasteiger partial charge in [-0.05, 0) is 30.0 Å². The molecule has 0 radical (unpaired) electrons. The summed E-state index contributed by atoms with van der Waals surface area (Å²) >= 11 is 0. The first kappa shape index (κ1) is 23.9. The molecule has 1 aliphatic rings. The van der Waals surface area contributed by atoms with E-state index in [1.165, 1.54) is 0 Å². The summed E-state index contributed by atoms with van der Waals surface area (Å²) in [5, 5.41) is 13.0. The zero-order chi connectivity index (χ0) is 26.1. The largest absolute Gasteiger partial charge is 0.489 e. The summed E-state index contributed by atoms with van der Waals surface area (Å²) < 4.78 is 18.4. The maximum absolute atomic E-state index is 11.9. The summed E-state index contributed by atoms with van der Waals surface area (Å²) in [6.07, 6.45) is -0.915. The lowest BCUT2D eigenvalue weighted by Gasteiger charge is -2.27. The molecule has 1 aromatic heterocycles. The van der Waals surface area contributed by atoms with Crippen LogP contribution in [-0.2, 0) is 9.53 Å². The van der Waals surface area contributed by atoms with E-state index in [1.54, 1.807) is 0 Å². The minimum atomic E-state index is -0.728. The lowest BCUT2D eigenvalue weighted by molar-refractivity contribution is -0.162. The fourth-order valence-corrected chi connectivity index (χ4v) is 5.07. The van der Waals surface area contributed by atoms with Crippen molar-refractivity contribution in [1.29, 1.82) is 0 Å². The molecule has 1 N–H and O–H groups in total. The zero-order valence-corrected chi connectivity index (χ0v) is 21.0. The highest BCUT2D eigenvalue weighted by molar-refractivity contribution is 6.04. The number of fused-ring (bicyclic) bond motifs is 2. The number of para-hydroxylation sites is 1. The van der Waals surface area contributed by atoms with Gasteiger partial charge in [0.1, 0.15) is 24.2 Å². The molecule has 4 aromatic carbocycles. The molecule has 6 rings (SSSR count). The number of benzene rings is 4. The van der Waals surface area contributed by atoms with Crippen LogP contribution >= 0.6 is 0 Å². The molecule has 6 heteroatoms. The molecule has 0 spiro atoms. The van der Waals surface area contributed by atoms with Crippen LogP contribution in [0.4, 0.5) is 0 Å². The van der Waals surface area contributed by atoms with E-state index in [1.807, 2.05) is 91.9 Å². The summed E-state index contributed by atoms with van der Waals surface area (Å²) in [7, 11) is 0. The average molecular weight is 506 g/mol. The number of aromatic nitrogens is 1. The van der Waals surface area contributed by atoms with Gasteiger partial charge in [0.2, 0.25) is 5.88 Å². The van der Waals surface area contributed by atoms with E-state index < -0.39 is 18.2 Å². The fraction of sp³-hybridized carbons (Fsp3) is 0.188. The number of hydrogen-bond acceptors (Lipinski definition) is 6. The monoisotopic (exact) mass is 505 g/mol. The van der Waals surface area contributed by atoms with Crippen LogP contribution in [0.5, 0.6) is 17.4 Å². The molecule has 0 aliphatic carbocycles. The van der Waals surface area contributed by atoms with E-state index in [0.717, 1.165) is 38.4 Å². The highest BCUT2D eigenvalue weighted by Gasteiger charge is 2.29. The number of nitrogens with zero attached hydrogens (tertiary/aromatic N) is 1. The Morgan fingerprint density at radius 1 is 0.895 bits per heavy atom. The first-order valence-corrected chi connectivity index (χ1v) is 12.7. The molecule has 1 saturated heterocycles. The molecule has 0 bridgehead atoms. The minimum absolute atomic E-state index is 0.0114. The third-order valence-corrected chi connectivity index (χ3v) is 6.84. The van der Waals surface area contributed by atoms with Crippen LogP contribution in [0.2, 0.25) is 0 Å². The van der Waals surface area contributed by atoms with Gasteiger partial charge in [-0.3, -0.25) is 4.79 Å². The van der Waals surface area contributed by atoms with E-state index in [0.29, 0.717) is 23.8 Å². The van der Waals surface area contributed by atoms with Crippen LogP contribution in [0.1, 0.15) is 18.4 Å². The standard InChI is InChI=1S/C32H27NO5/c1-20-31(38-28-16-15-21-9-5-8-14-27(21)33-28)26-13-7-6-12-25(26)30(22-10-3-2-4-11-22)32(20)36-19-24-17-23(34)18-29(35)37-24/h2-16,23-24,34H,17-19H2,1H3/t23-,24+/m1/s1. The van der Waals surface area contributed by atoms with Gasteiger partial charge in [0, 0.05) is 34.4 Å². The smallest absolute Gasteiger partial charge is 0.308 e.